The number of ether oxygens (including phenoxy) is 2. The van der Waals surface area contributed by atoms with E-state index in [1.807, 2.05) is 0 Å². The summed E-state index contributed by atoms with van der Waals surface area (Å²) in [5.41, 5.74) is -0.147. The first kappa shape index (κ1) is 14.5. The zero-order chi connectivity index (χ0) is 12.3. The molecule has 0 saturated carbocycles. The molecule has 0 aliphatic carbocycles. The third kappa shape index (κ3) is 4.68. The van der Waals surface area contributed by atoms with Crippen LogP contribution >= 0.6 is 0 Å². The molecule has 0 rings (SSSR count). The summed E-state index contributed by atoms with van der Waals surface area (Å²) in [5.74, 6) is 2.68. The number of hydrogen-bond acceptors (Lipinski definition) is 2. The Balaban J connectivity index is 4.62. The van der Waals surface area contributed by atoms with Crippen LogP contribution in [0.5, 0.6) is 0 Å². The molecule has 0 aromatic heterocycles. The van der Waals surface area contributed by atoms with E-state index < -0.39 is 0 Å². The molecule has 0 saturated heterocycles. The molecule has 0 N–H and O–H groups in total. The quantitative estimate of drug-likeness (QED) is 0.529. The number of hydrogen-bond donors (Lipinski definition) is 0. The van der Waals surface area contributed by atoms with E-state index in [2.05, 4.69) is 47.5 Å². The van der Waals surface area contributed by atoms with Gasteiger partial charge in [0.1, 0.15) is 6.10 Å². The van der Waals surface area contributed by atoms with E-state index in [-0.39, 0.29) is 23.2 Å². The van der Waals surface area contributed by atoms with Gasteiger partial charge in [0.25, 0.3) is 0 Å². The highest BCUT2D eigenvalue weighted by Gasteiger charge is 2.32. The van der Waals surface area contributed by atoms with E-state index in [9.17, 15) is 0 Å². The van der Waals surface area contributed by atoms with Crippen LogP contribution in [0.25, 0.3) is 0 Å². The number of terminal acetylenes is 1. The maximum absolute atomic E-state index is 5.82. The van der Waals surface area contributed by atoms with Crippen molar-refractivity contribution in [2.24, 2.45) is 10.8 Å². The normalized spacial score (nSPS) is 16.9. The fraction of sp³-hybridized carbons (Fsp3) is 0.846. The van der Waals surface area contributed by atoms with Gasteiger partial charge >= 0.3 is 0 Å². The van der Waals surface area contributed by atoms with E-state index in [0.717, 1.165) is 0 Å². The summed E-state index contributed by atoms with van der Waals surface area (Å²) in [6.45, 7) is 12.4. The third-order valence-electron chi connectivity index (χ3n) is 2.12. The van der Waals surface area contributed by atoms with Gasteiger partial charge in [-0.15, -0.1) is 6.42 Å². The number of rotatable bonds is 3. The summed E-state index contributed by atoms with van der Waals surface area (Å²) >= 11 is 0. The summed E-state index contributed by atoms with van der Waals surface area (Å²) < 4.78 is 11.1. The molecule has 0 aromatic carbocycles. The van der Waals surface area contributed by atoms with E-state index in [4.69, 9.17) is 15.9 Å². The van der Waals surface area contributed by atoms with Gasteiger partial charge in [-0.05, 0) is 5.41 Å². The smallest absolute Gasteiger partial charge is 0.163 e. The molecule has 0 amide bonds. The van der Waals surface area contributed by atoms with Crippen LogP contribution < -0.4 is 0 Å². The maximum atomic E-state index is 5.82. The van der Waals surface area contributed by atoms with Gasteiger partial charge in [-0.1, -0.05) is 47.5 Å². The molecule has 2 atom stereocenters. The molecule has 0 aliphatic heterocycles. The van der Waals surface area contributed by atoms with Gasteiger partial charge in [-0.2, -0.15) is 0 Å². The standard InChI is InChI=1S/C13H24O2/c1-9-10(12(2,3)4)15-11(14-8)13(5,6)7/h1,10-11H,2-8H3. The third-order valence-corrected chi connectivity index (χ3v) is 2.12. The number of methoxy groups -OCH3 is 1. The van der Waals surface area contributed by atoms with E-state index >= 15 is 0 Å². The Morgan fingerprint density at radius 1 is 1.00 bits per heavy atom. The van der Waals surface area contributed by atoms with Crippen molar-refractivity contribution in [3.8, 4) is 12.3 Å². The highest BCUT2D eigenvalue weighted by molar-refractivity contribution is 5.01. The first-order valence-corrected chi connectivity index (χ1v) is 5.27. The van der Waals surface area contributed by atoms with Crippen LogP contribution in [0, 0.1) is 23.2 Å². The van der Waals surface area contributed by atoms with Gasteiger partial charge in [0.15, 0.2) is 6.29 Å². The van der Waals surface area contributed by atoms with Crippen LogP contribution in [-0.2, 0) is 9.47 Å². The van der Waals surface area contributed by atoms with Crippen molar-refractivity contribution in [2.45, 2.75) is 53.9 Å². The van der Waals surface area contributed by atoms with Gasteiger partial charge in [0.05, 0.1) is 0 Å². The Labute approximate surface area is 94.3 Å². The van der Waals surface area contributed by atoms with Crippen LogP contribution in [0.1, 0.15) is 41.5 Å². The van der Waals surface area contributed by atoms with Crippen LogP contribution in [0.15, 0.2) is 0 Å². The second-order valence-electron chi connectivity index (χ2n) is 5.98. The first-order chi connectivity index (χ1) is 6.62. The highest BCUT2D eigenvalue weighted by atomic mass is 16.7. The fourth-order valence-corrected chi connectivity index (χ4v) is 1.23. The average Bonchev–Trinajstić information content (AvgIpc) is 2.01. The second-order valence-corrected chi connectivity index (χ2v) is 5.98. The Morgan fingerprint density at radius 2 is 1.47 bits per heavy atom. The molecular weight excluding hydrogens is 188 g/mol. The van der Waals surface area contributed by atoms with Crippen molar-refractivity contribution in [3.05, 3.63) is 0 Å². The van der Waals surface area contributed by atoms with Crippen molar-refractivity contribution < 1.29 is 9.47 Å². The van der Waals surface area contributed by atoms with Crippen LogP contribution in [0.2, 0.25) is 0 Å². The molecule has 2 heteroatoms. The Morgan fingerprint density at radius 3 is 1.67 bits per heavy atom. The summed E-state index contributed by atoms with van der Waals surface area (Å²) in [6, 6.07) is 0. The minimum Gasteiger partial charge on any atom is -0.355 e. The van der Waals surface area contributed by atoms with Gasteiger partial charge in [0, 0.05) is 12.5 Å². The lowest BCUT2D eigenvalue weighted by atomic mass is 9.88. The summed E-state index contributed by atoms with van der Waals surface area (Å²) in [7, 11) is 1.64. The summed E-state index contributed by atoms with van der Waals surface area (Å²) in [6.07, 6.45) is 4.96. The van der Waals surface area contributed by atoms with Gasteiger partial charge < -0.3 is 9.47 Å². The largest absolute Gasteiger partial charge is 0.355 e. The van der Waals surface area contributed by atoms with E-state index in [0.29, 0.717) is 0 Å². The van der Waals surface area contributed by atoms with E-state index in [1.54, 1.807) is 7.11 Å². The minimum atomic E-state index is -0.280. The van der Waals surface area contributed by atoms with Crippen molar-refractivity contribution in [3.63, 3.8) is 0 Å². The predicted molar refractivity (Wildman–Crippen MR) is 63.4 cm³/mol. The fourth-order valence-electron chi connectivity index (χ4n) is 1.23. The lowest BCUT2D eigenvalue weighted by Crippen LogP contribution is -2.39. The summed E-state index contributed by atoms with van der Waals surface area (Å²) in [4.78, 5) is 0. The van der Waals surface area contributed by atoms with Crippen LogP contribution in [0.4, 0.5) is 0 Å². The molecule has 0 heterocycles. The molecule has 0 aromatic rings. The molecule has 2 unspecified atom stereocenters. The Hall–Kier alpha value is -0.520. The molecule has 15 heavy (non-hydrogen) atoms. The highest BCUT2D eigenvalue weighted by Crippen LogP contribution is 2.29. The van der Waals surface area contributed by atoms with Gasteiger partial charge in [-0.3, -0.25) is 0 Å². The SMILES string of the molecule is C#CC(OC(OC)C(C)(C)C)C(C)(C)C. The maximum Gasteiger partial charge on any atom is 0.163 e. The minimum absolute atomic E-state index is 0.0726. The topological polar surface area (TPSA) is 18.5 Å². The molecular formula is C13H24O2. The molecule has 0 aliphatic rings. The monoisotopic (exact) mass is 212 g/mol. The predicted octanol–water partition coefficient (Wildman–Crippen LogP) is 3.07. The first-order valence-electron chi connectivity index (χ1n) is 5.27. The van der Waals surface area contributed by atoms with E-state index in [1.165, 1.54) is 0 Å². The van der Waals surface area contributed by atoms with Crippen LogP contribution in [-0.4, -0.2) is 19.5 Å². The lowest BCUT2D eigenvalue weighted by molar-refractivity contribution is -0.208. The molecule has 0 bridgehead atoms. The van der Waals surface area contributed by atoms with Crippen LogP contribution in [0.3, 0.4) is 0 Å². The zero-order valence-electron chi connectivity index (χ0n) is 11.0. The van der Waals surface area contributed by atoms with Gasteiger partial charge in [-0.25, -0.2) is 0 Å². The molecule has 88 valence electrons. The molecule has 0 radical (unpaired) electrons. The Bertz CT molecular complexity index is 224. The zero-order valence-corrected chi connectivity index (χ0v) is 11.0. The molecule has 2 nitrogen and oxygen atoms in total. The second kappa shape index (κ2) is 5.01. The molecule has 0 spiro atoms. The molecule has 0 fully saturated rings. The Kier molecular flexibility index (Phi) is 4.83. The van der Waals surface area contributed by atoms with Crippen molar-refractivity contribution in [1.29, 1.82) is 0 Å². The lowest BCUT2D eigenvalue weighted by Gasteiger charge is -2.35. The van der Waals surface area contributed by atoms with Crippen molar-refractivity contribution in [1.82, 2.24) is 0 Å². The van der Waals surface area contributed by atoms with Crippen molar-refractivity contribution in [2.75, 3.05) is 7.11 Å². The van der Waals surface area contributed by atoms with Crippen molar-refractivity contribution >= 4 is 0 Å². The van der Waals surface area contributed by atoms with Gasteiger partial charge in [0.2, 0.25) is 0 Å². The summed E-state index contributed by atoms with van der Waals surface area (Å²) in [5, 5.41) is 0. The average molecular weight is 212 g/mol.